The van der Waals surface area contributed by atoms with Crippen molar-refractivity contribution in [3.05, 3.63) is 176 Å². The third-order valence-corrected chi connectivity index (χ3v) is 12.8. The van der Waals surface area contributed by atoms with Crippen molar-refractivity contribution < 1.29 is 4.42 Å². The fourth-order valence-electron chi connectivity index (χ4n) is 6.96. The highest BCUT2D eigenvalue weighted by atomic mass is 32.3. The maximum absolute atomic E-state index is 6.17. The molecule has 0 amide bonds. The summed E-state index contributed by atoms with van der Waals surface area (Å²) >= 11 is 0. The minimum atomic E-state index is -1.79. The zero-order chi connectivity index (χ0) is 29.8. The SMILES string of the molecule is c1ccc(S(c2ccccc2)(c2ccccc2)c2ccc3c(c2)c2ccccc2n3-c2ccc3oc4ccccc4c3c2)cc1. The lowest BCUT2D eigenvalue weighted by molar-refractivity contribution is 0.669. The number of fused-ring (bicyclic) bond motifs is 6. The van der Waals surface area contributed by atoms with Crippen LogP contribution in [0.2, 0.25) is 0 Å². The van der Waals surface area contributed by atoms with Gasteiger partial charge >= 0.3 is 0 Å². The first kappa shape index (κ1) is 25.9. The van der Waals surface area contributed by atoms with Gasteiger partial charge in [-0.3, -0.25) is 0 Å². The Hall–Kier alpha value is -5.51. The van der Waals surface area contributed by atoms with E-state index in [0.29, 0.717) is 0 Å². The number of aromatic nitrogens is 1. The van der Waals surface area contributed by atoms with Crippen LogP contribution in [0.5, 0.6) is 0 Å². The van der Waals surface area contributed by atoms with Crippen molar-refractivity contribution in [2.24, 2.45) is 0 Å². The van der Waals surface area contributed by atoms with Crippen molar-refractivity contribution in [2.45, 2.75) is 19.6 Å². The molecular formula is C42H29NOS. The standard InChI is InChI=1S/C42H29NOS/c1-4-14-31(15-5-1)45(32-16-6-2-7-17-32,33-18-8-3-9-19-33)34-25-26-40-37(29-34)35-20-10-12-22-39(35)43(40)30-24-27-42-38(28-30)36-21-11-13-23-41(36)44-42/h1-29H. The Morgan fingerprint density at radius 3 is 1.56 bits per heavy atom. The topological polar surface area (TPSA) is 18.1 Å². The van der Waals surface area contributed by atoms with Crippen molar-refractivity contribution in [1.82, 2.24) is 4.57 Å². The van der Waals surface area contributed by atoms with Gasteiger partial charge in [0.05, 0.1) is 11.0 Å². The summed E-state index contributed by atoms with van der Waals surface area (Å²) in [7, 11) is -1.79. The van der Waals surface area contributed by atoms with Crippen molar-refractivity contribution in [1.29, 1.82) is 0 Å². The minimum Gasteiger partial charge on any atom is -0.456 e. The number of nitrogens with zero attached hydrogens (tertiary/aromatic N) is 1. The van der Waals surface area contributed by atoms with E-state index in [2.05, 4.69) is 168 Å². The van der Waals surface area contributed by atoms with Crippen LogP contribution in [0.4, 0.5) is 0 Å². The summed E-state index contributed by atoms with van der Waals surface area (Å²) in [6.07, 6.45) is 0. The van der Waals surface area contributed by atoms with Gasteiger partial charge in [0, 0.05) is 46.8 Å². The molecule has 0 N–H and O–H groups in total. The second-order valence-electron chi connectivity index (χ2n) is 11.4. The Labute approximate surface area is 263 Å². The van der Waals surface area contributed by atoms with Gasteiger partial charge in [0.2, 0.25) is 0 Å². The van der Waals surface area contributed by atoms with E-state index in [1.807, 2.05) is 12.1 Å². The Kier molecular flexibility index (Phi) is 5.93. The Bertz CT molecular complexity index is 2380. The first-order chi connectivity index (χ1) is 22.3. The summed E-state index contributed by atoms with van der Waals surface area (Å²) < 4.78 is 8.58. The van der Waals surface area contributed by atoms with Crippen LogP contribution in [0.3, 0.4) is 0 Å². The molecule has 7 aromatic carbocycles. The lowest BCUT2D eigenvalue weighted by atomic mass is 10.1. The molecule has 0 aliphatic rings. The van der Waals surface area contributed by atoms with Gasteiger partial charge in [0.1, 0.15) is 11.2 Å². The smallest absolute Gasteiger partial charge is 0.135 e. The molecule has 214 valence electrons. The second kappa shape index (κ2) is 10.3. The summed E-state index contributed by atoms with van der Waals surface area (Å²) in [5.41, 5.74) is 5.33. The number of hydrogen-bond donors (Lipinski definition) is 0. The lowest BCUT2D eigenvalue weighted by Gasteiger charge is -2.42. The van der Waals surface area contributed by atoms with Crippen LogP contribution in [0.15, 0.2) is 200 Å². The van der Waals surface area contributed by atoms with Crippen molar-refractivity contribution in [3.63, 3.8) is 0 Å². The van der Waals surface area contributed by atoms with Gasteiger partial charge in [-0.25, -0.2) is 0 Å². The predicted octanol–water partition coefficient (Wildman–Crippen LogP) is 12.0. The van der Waals surface area contributed by atoms with E-state index in [9.17, 15) is 0 Å². The van der Waals surface area contributed by atoms with E-state index in [-0.39, 0.29) is 0 Å². The molecule has 0 bridgehead atoms. The highest BCUT2D eigenvalue weighted by molar-refractivity contribution is 8.34. The molecule has 9 rings (SSSR count). The zero-order valence-corrected chi connectivity index (χ0v) is 25.3. The van der Waals surface area contributed by atoms with Gasteiger partial charge in [-0.15, -0.1) is 10.0 Å². The molecule has 0 saturated carbocycles. The molecule has 0 radical (unpaired) electrons. The molecule has 2 nitrogen and oxygen atoms in total. The average Bonchev–Trinajstić information content (AvgIpc) is 3.65. The number of rotatable bonds is 5. The molecule has 2 aromatic heterocycles. The molecule has 0 atom stereocenters. The van der Waals surface area contributed by atoms with Gasteiger partial charge in [-0.1, -0.05) is 91.0 Å². The van der Waals surface area contributed by atoms with Crippen LogP contribution >= 0.6 is 10.0 Å². The summed E-state index contributed by atoms with van der Waals surface area (Å²) in [6.45, 7) is 0. The van der Waals surface area contributed by atoms with Gasteiger partial charge < -0.3 is 8.98 Å². The summed E-state index contributed by atoms with van der Waals surface area (Å²) in [5.74, 6) is 0. The lowest BCUT2D eigenvalue weighted by Crippen LogP contribution is -2.05. The minimum absolute atomic E-state index is 0.907. The van der Waals surface area contributed by atoms with E-state index in [1.54, 1.807) is 0 Å². The van der Waals surface area contributed by atoms with Crippen LogP contribution in [-0.2, 0) is 0 Å². The maximum atomic E-state index is 6.17. The van der Waals surface area contributed by atoms with E-state index >= 15 is 0 Å². The number of hydrogen-bond acceptors (Lipinski definition) is 1. The highest BCUT2D eigenvalue weighted by Gasteiger charge is 2.33. The van der Waals surface area contributed by atoms with Crippen LogP contribution in [0.25, 0.3) is 49.4 Å². The number of para-hydroxylation sites is 2. The van der Waals surface area contributed by atoms with Crippen LogP contribution in [-0.4, -0.2) is 4.57 Å². The third kappa shape index (κ3) is 3.91. The Balaban J connectivity index is 1.36. The molecule has 0 aliphatic heterocycles. The monoisotopic (exact) mass is 595 g/mol. The van der Waals surface area contributed by atoms with Crippen LogP contribution in [0, 0.1) is 0 Å². The van der Waals surface area contributed by atoms with Gasteiger partial charge in [-0.05, 0) is 84.9 Å². The predicted molar refractivity (Wildman–Crippen MR) is 188 cm³/mol. The normalized spacial score (nSPS) is 12.4. The van der Waals surface area contributed by atoms with Gasteiger partial charge in [0.15, 0.2) is 0 Å². The third-order valence-electron chi connectivity index (χ3n) is 8.91. The highest BCUT2D eigenvalue weighted by Crippen LogP contribution is 2.73. The van der Waals surface area contributed by atoms with E-state index in [0.717, 1.165) is 27.6 Å². The van der Waals surface area contributed by atoms with Gasteiger partial charge in [-0.2, -0.15) is 0 Å². The molecule has 3 heteroatoms. The molecule has 45 heavy (non-hydrogen) atoms. The average molecular weight is 596 g/mol. The summed E-state index contributed by atoms with van der Waals surface area (Å²) in [4.78, 5) is 5.28. The number of benzene rings is 7. The Morgan fingerprint density at radius 2 is 0.889 bits per heavy atom. The Morgan fingerprint density at radius 1 is 0.356 bits per heavy atom. The molecule has 0 unspecified atom stereocenters. The molecule has 9 aromatic rings. The summed E-state index contributed by atoms with van der Waals surface area (Å²) in [6, 6.07) is 63.9. The molecular weight excluding hydrogens is 567 g/mol. The van der Waals surface area contributed by atoms with Crippen LogP contribution in [0.1, 0.15) is 0 Å². The molecule has 0 spiro atoms. The molecule has 0 aliphatic carbocycles. The van der Waals surface area contributed by atoms with E-state index < -0.39 is 10.0 Å². The first-order valence-electron chi connectivity index (χ1n) is 15.3. The molecule has 2 heterocycles. The zero-order valence-electron chi connectivity index (χ0n) is 24.5. The molecule has 0 fully saturated rings. The van der Waals surface area contributed by atoms with Gasteiger partial charge in [0.25, 0.3) is 0 Å². The van der Waals surface area contributed by atoms with E-state index in [1.165, 1.54) is 41.4 Å². The van der Waals surface area contributed by atoms with E-state index in [4.69, 9.17) is 4.42 Å². The summed E-state index contributed by atoms with van der Waals surface area (Å²) in [5, 5.41) is 4.76. The fraction of sp³-hybridized carbons (Fsp3) is 0. The molecule has 0 saturated heterocycles. The van der Waals surface area contributed by atoms with Crippen LogP contribution < -0.4 is 0 Å². The largest absolute Gasteiger partial charge is 0.456 e. The van der Waals surface area contributed by atoms with Crippen molar-refractivity contribution >= 4 is 53.8 Å². The fourth-order valence-corrected chi connectivity index (χ4v) is 10.9. The quantitative estimate of drug-likeness (QED) is 0.194. The maximum Gasteiger partial charge on any atom is 0.135 e. The van der Waals surface area contributed by atoms with Crippen molar-refractivity contribution in [2.75, 3.05) is 0 Å². The second-order valence-corrected chi connectivity index (χ2v) is 14.5. The first-order valence-corrected chi connectivity index (χ1v) is 16.9. The number of furan rings is 1. The van der Waals surface area contributed by atoms with Crippen molar-refractivity contribution in [3.8, 4) is 5.69 Å².